The van der Waals surface area contributed by atoms with Gasteiger partial charge in [0.25, 0.3) is 0 Å². The third-order valence-corrected chi connectivity index (χ3v) is 19.2. The number of aliphatic hydroxyl groups excluding tert-OH is 6. The molecule has 5 aromatic rings. The fourth-order valence-corrected chi connectivity index (χ4v) is 13.7. The van der Waals surface area contributed by atoms with Crippen molar-refractivity contribution in [2.45, 2.75) is 170 Å². The molecule has 101 heavy (non-hydrogen) atoms. The topological polar surface area (TPSA) is 494 Å². The lowest BCUT2D eigenvalue weighted by molar-refractivity contribution is -0.333. The van der Waals surface area contributed by atoms with Gasteiger partial charge >= 0.3 is 5.97 Å². The van der Waals surface area contributed by atoms with E-state index in [4.69, 9.17) is 63.1 Å². The molecule has 7 aliphatic rings. The summed E-state index contributed by atoms with van der Waals surface area (Å²) < 4.78 is 38.5. The monoisotopic (exact) mass is 1440 g/mol. The van der Waals surface area contributed by atoms with Crippen molar-refractivity contribution in [3.8, 4) is 57.1 Å². The molecule has 18 N–H and O–H groups in total. The largest absolute Gasteiger partial charge is 0.508 e. The molecule has 0 saturated carbocycles. The molecule has 2 saturated heterocycles. The van der Waals surface area contributed by atoms with Gasteiger partial charge in [-0.05, 0) is 109 Å². The van der Waals surface area contributed by atoms with Gasteiger partial charge in [0.05, 0.1) is 40.7 Å². The van der Waals surface area contributed by atoms with Crippen molar-refractivity contribution in [2.75, 3.05) is 6.61 Å². The summed E-state index contributed by atoms with van der Waals surface area (Å²) >= 11 is 14.2. The number of phenols is 3. The minimum atomic E-state index is -2.24. The van der Waals surface area contributed by atoms with E-state index in [1.807, 2.05) is 13.8 Å². The molecule has 11 bridgehead atoms. The SMILES string of the molecule is CCC(CC(C)C)C(=O)N[C@H]1C(=O)C[C@@H](CC(N)=O)C(=O)N[C@H]2C(=O)CC3C(=O)NC(C(=O)N[C@@H](C(=O)O)c4cc(O)cc(O)c4-c4cc3ccc4O)C(O)c3ccc(c(Cl)c3)Oc3cc2cc(c3O[C@@H]2OC(CO)[C@@H](O)[C@H](O)C2O[C@H]2CC(C)(N)[C@H](O)[C@@H](C)O2)Oc2ccc(cc2Cl)[C@H]1O. The first-order valence-corrected chi connectivity index (χ1v) is 33.2. The summed E-state index contributed by atoms with van der Waals surface area (Å²) in [4.78, 5) is 117. The van der Waals surface area contributed by atoms with Gasteiger partial charge in [-0.2, -0.15) is 0 Å². The van der Waals surface area contributed by atoms with Crippen LogP contribution in [0.1, 0.15) is 131 Å². The second-order valence-corrected chi connectivity index (χ2v) is 27.4. The van der Waals surface area contributed by atoms with Crippen LogP contribution in [0.4, 0.5) is 0 Å². The molecule has 5 aromatic carbocycles. The number of primary amides is 1. The number of hydrogen-bond acceptors (Lipinski definition) is 24. The molecule has 32 heteroatoms. The predicted octanol–water partition coefficient (Wildman–Crippen LogP) is 3.52. The third-order valence-electron chi connectivity index (χ3n) is 18.6. The highest BCUT2D eigenvalue weighted by Crippen LogP contribution is 2.50. The number of nitrogens with one attached hydrogen (secondary N) is 4. The van der Waals surface area contributed by atoms with Gasteiger partial charge in [0.1, 0.15) is 77.4 Å². The normalized spacial score (nSPS) is 29.6. The van der Waals surface area contributed by atoms with E-state index in [9.17, 15) is 75.0 Å². The van der Waals surface area contributed by atoms with Crippen LogP contribution in [0, 0.1) is 17.8 Å². The van der Waals surface area contributed by atoms with Crippen LogP contribution in [0.15, 0.2) is 78.9 Å². The van der Waals surface area contributed by atoms with Crippen molar-refractivity contribution in [3.05, 3.63) is 117 Å². The van der Waals surface area contributed by atoms with Crippen LogP contribution in [-0.2, 0) is 52.6 Å². The molecular weight excluding hydrogens is 1370 g/mol. The number of hydrogen-bond donors (Lipinski definition) is 16. The molecule has 542 valence electrons. The van der Waals surface area contributed by atoms with Gasteiger partial charge in [-0.25, -0.2) is 4.79 Å². The number of carbonyl (C=O) groups excluding carboxylic acids is 7. The van der Waals surface area contributed by atoms with Crippen LogP contribution in [0.25, 0.3) is 11.1 Å². The van der Waals surface area contributed by atoms with E-state index in [1.54, 1.807) is 6.92 Å². The lowest BCUT2D eigenvalue weighted by atomic mass is 9.84. The molecular formula is C69H78Cl2N6O24. The number of carboxylic acids is 1. The third kappa shape index (κ3) is 16.0. The number of carbonyl (C=O) groups is 8. The van der Waals surface area contributed by atoms with Crippen molar-refractivity contribution in [1.29, 1.82) is 0 Å². The van der Waals surface area contributed by atoms with Crippen LogP contribution < -0.4 is 46.9 Å². The number of fused-ring (bicyclic) bond motifs is 15. The zero-order valence-corrected chi connectivity index (χ0v) is 56.5. The Labute approximate surface area is 586 Å². The number of benzene rings is 5. The molecule has 30 nitrogen and oxygen atoms in total. The molecule has 7 unspecified atom stereocenters. The fourth-order valence-electron chi connectivity index (χ4n) is 13.2. The summed E-state index contributed by atoms with van der Waals surface area (Å²) in [6, 6.07) is 5.66. The lowest BCUT2D eigenvalue weighted by Gasteiger charge is -2.47. The Morgan fingerprint density at radius 3 is 1.96 bits per heavy atom. The number of aromatic hydroxyl groups is 3. The molecule has 0 radical (unpaired) electrons. The quantitative estimate of drug-likeness (QED) is 0.0801. The van der Waals surface area contributed by atoms with Crippen molar-refractivity contribution in [1.82, 2.24) is 21.3 Å². The zero-order chi connectivity index (χ0) is 73.5. The average Bonchev–Trinajstić information content (AvgIpc) is 0.775. The Bertz CT molecular complexity index is 4060. The van der Waals surface area contributed by atoms with Crippen molar-refractivity contribution >= 4 is 70.3 Å². The highest BCUT2D eigenvalue weighted by atomic mass is 35.5. The first kappa shape index (κ1) is 74.9. The number of ketones is 2. The van der Waals surface area contributed by atoms with Crippen LogP contribution in [-0.4, -0.2) is 172 Å². The Morgan fingerprint density at radius 1 is 0.743 bits per heavy atom. The minimum Gasteiger partial charge on any atom is -0.508 e. The molecule has 5 amide bonds. The smallest absolute Gasteiger partial charge is 0.330 e. The zero-order valence-electron chi connectivity index (χ0n) is 54.9. The van der Waals surface area contributed by atoms with Crippen LogP contribution in [0.3, 0.4) is 0 Å². The van der Waals surface area contributed by atoms with E-state index in [0.29, 0.717) is 12.8 Å². The average molecular weight is 1450 g/mol. The Balaban J connectivity index is 1.24. The first-order chi connectivity index (χ1) is 47.7. The van der Waals surface area contributed by atoms with Gasteiger partial charge in [-0.1, -0.05) is 62.2 Å². The predicted molar refractivity (Wildman–Crippen MR) is 353 cm³/mol. The maximum atomic E-state index is 16.2. The van der Waals surface area contributed by atoms with Crippen LogP contribution in [0.2, 0.25) is 10.0 Å². The van der Waals surface area contributed by atoms with Gasteiger partial charge in [0, 0.05) is 59.9 Å². The van der Waals surface area contributed by atoms with Gasteiger partial charge in [-0.3, -0.25) is 33.6 Å². The van der Waals surface area contributed by atoms with Gasteiger partial charge in [0.2, 0.25) is 41.6 Å². The van der Waals surface area contributed by atoms with Crippen molar-refractivity contribution in [2.24, 2.45) is 29.2 Å². The first-order valence-electron chi connectivity index (χ1n) is 32.4. The van der Waals surface area contributed by atoms with E-state index in [0.717, 1.165) is 54.6 Å². The number of nitrogens with two attached hydrogens (primary N) is 2. The summed E-state index contributed by atoms with van der Waals surface area (Å²) in [5, 5.41) is 123. The number of Topliss-reactive ketones (excluding diaryl/α,β-unsaturated/α-hetero) is 2. The molecule has 18 atom stereocenters. The summed E-state index contributed by atoms with van der Waals surface area (Å²) in [5.74, 6) is -18.9. The summed E-state index contributed by atoms with van der Waals surface area (Å²) in [6.07, 6.45) is -19.8. The highest BCUT2D eigenvalue weighted by molar-refractivity contribution is 6.32. The molecule has 0 aromatic heterocycles. The molecule has 7 heterocycles. The molecule has 0 aliphatic carbocycles. The number of aliphatic hydroxyl groups is 6. The molecule has 12 rings (SSSR count). The minimum absolute atomic E-state index is 0.0143. The maximum absolute atomic E-state index is 16.2. The highest BCUT2D eigenvalue weighted by Gasteiger charge is 2.51. The molecule has 7 aliphatic heterocycles. The fraction of sp³-hybridized carbons (Fsp3) is 0.449. The van der Waals surface area contributed by atoms with E-state index in [2.05, 4.69) is 21.3 Å². The Kier molecular flexibility index (Phi) is 22.6. The standard InChI is InChI=1S/C69H78Cl2N6O24/c1-6-28(13-26(2)3)63(90)76-54-42(82)17-33(20-49(72)84)64(91)74-52-32-18-46(97-44-11-8-30(56(54)85)15-38(44)70)60(101-68-61(59(88)58(87)48(25-78)99-68)100-50-24-69(5,73)62(89)27(4)96-50)47(19-32)98-45-12-9-31(16-39(45)71)57(86)55-66(93)75-53(67(94)95)37-21-34(79)22-41(81)51(37)36-14-29(7-10-40(36)80)35(23-43(52)83)65(92)77-55/h7-12,14-16,18-19,21-22,26-28,33,35,48,50,52-59,61-62,68,78-81,85-89H,6,13,17,20,23-25,73H2,1-5H3,(H2,72,84)(H,74,91)(H,75,93)(H,76,90)(H,77,92)(H,94,95)/t27-,28?,33+,35?,48?,50+,52-,53-,54+,55?,56-,57?,58-,59+,61?,62-,68+,69?/m1/s1. The van der Waals surface area contributed by atoms with Gasteiger partial charge in [-0.15, -0.1) is 0 Å². The van der Waals surface area contributed by atoms with Crippen molar-refractivity contribution < 1.29 is 118 Å². The number of rotatable bonds is 13. The Morgan fingerprint density at radius 2 is 1.38 bits per heavy atom. The summed E-state index contributed by atoms with van der Waals surface area (Å²) in [6.45, 7) is 7.55. The van der Waals surface area contributed by atoms with Crippen LogP contribution in [0.5, 0.6) is 46.0 Å². The van der Waals surface area contributed by atoms with E-state index in [1.165, 1.54) is 38.1 Å². The van der Waals surface area contributed by atoms with Crippen molar-refractivity contribution in [3.63, 3.8) is 0 Å². The number of carboxylic acid groups (broad SMARTS) is 1. The van der Waals surface area contributed by atoms with Gasteiger partial charge < -0.3 is 112 Å². The molecule has 0 spiro atoms. The van der Waals surface area contributed by atoms with Gasteiger partial charge in [0.15, 0.2) is 41.5 Å². The maximum Gasteiger partial charge on any atom is 0.330 e. The second kappa shape index (κ2) is 30.4. The number of halogens is 2. The summed E-state index contributed by atoms with van der Waals surface area (Å²) in [5.41, 5.74) is 8.53. The lowest BCUT2D eigenvalue weighted by Crippen LogP contribution is -2.64. The second-order valence-electron chi connectivity index (χ2n) is 26.6. The number of amides is 5. The van der Waals surface area contributed by atoms with E-state index in [-0.39, 0.29) is 51.1 Å². The van der Waals surface area contributed by atoms with E-state index < -0.39 is 238 Å². The van der Waals surface area contributed by atoms with Crippen LogP contribution >= 0.6 is 23.2 Å². The number of phenolic OH excluding ortho intramolecular Hbond substituents is 3. The number of ether oxygens (including phenoxy) is 6. The number of aliphatic carboxylic acids is 1. The van der Waals surface area contributed by atoms with E-state index >= 15 is 14.4 Å². The summed E-state index contributed by atoms with van der Waals surface area (Å²) in [7, 11) is 0. The molecule has 2 fully saturated rings. The Hall–Kier alpha value is -8.76.